The topological polar surface area (TPSA) is 172 Å². The van der Waals surface area contributed by atoms with Crippen molar-refractivity contribution in [3.05, 3.63) is 29.3 Å². The van der Waals surface area contributed by atoms with E-state index in [-0.39, 0.29) is 11.3 Å². The normalized spacial score (nSPS) is 33.6. The summed E-state index contributed by atoms with van der Waals surface area (Å²) in [6.45, 7) is 2.12. The van der Waals surface area contributed by atoms with Crippen LogP contribution in [0.5, 0.6) is 5.75 Å². The standard InChI is InChI=1S/C27H33NO8/c1-2-3-4-5-6-7-9-14-13-10-8-11-16(29)18(13)23(32)21-19(14)22(31)15-12-17(30)20(26(28)35)24(33)27(15,36)25(21)34/h8,10-11,14-15,19-22,29,31,36H,2-7,9,12H2,1H3,(H2,28,35)/t14-,15+,19+,20?,21?,22+,27+/m0/s1. The first kappa shape index (κ1) is 26.2. The van der Waals surface area contributed by atoms with E-state index in [4.69, 9.17) is 5.73 Å². The number of benzene rings is 1. The van der Waals surface area contributed by atoms with Crippen LogP contribution < -0.4 is 5.73 Å². The quantitative estimate of drug-likeness (QED) is 0.308. The molecule has 0 spiro atoms. The Balaban J connectivity index is 1.75. The van der Waals surface area contributed by atoms with Gasteiger partial charge in [-0.25, -0.2) is 0 Å². The largest absolute Gasteiger partial charge is 0.507 e. The van der Waals surface area contributed by atoms with Crippen molar-refractivity contribution >= 4 is 29.0 Å². The van der Waals surface area contributed by atoms with Crippen LogP contribution in [0.3, 0.4) is 0 Å². The van der Waals surface area contributed by atoms with Gasteiger partial charge in [-0.1, -0.05) is 57.6 Å². The van der Waals surface area contributed by atoms with Gasteiger partial charge in [-0.05, 0) is 24.0 Å². The van der Waals surface area contributed by atoms with Crippen molar-refractivity contribution in [3.63, 3.8) is 0 Å². The number of rotatable bonds is 8. The van der Waals surface area contributed by atoms with E-state index in [1.165, 1.54) is 6.07 Å². The molecule has 0 aromatic heterocycles. The molecular formula is C27H33NO8. The molecular weight excluding hydrogens is 466 g/mol. The highest BCUT2D eigenvalue weighted by atomic mass is 16.3. The number of fused-ring (bicyclic) bond motifs is 3. The molecule has 36 heavy (non-hydrogen) atoms. The number of hydrogen-bond acceptors (Lipinski definition) is 8. The van der Waals surface area contributed by atoms with Gasteiger partial charge in [0.05, 0.1) is 17.6 Å². The maximum absolute atomic E-state index is 13.7. The Bertz CT molecular complexity index is 1110. The number of phenolic OH excluding ortho intramolecular Hbond substituents is 1. The zero-order valence-electron chi connectivity index (χ0n) is 20.3. The molecule has 5 N–H and O–H groups in total. The van der Waals surface area contributed by atoms with Crippen LogP contribution in [0.15, 0.2) is 18.2 Å². The predicted octanol–water partition coefficient (Wildman–Crippen LogP) is 1.59. The number of nitrogens with two attached hydrogens (primary N) is 1. The first-order valence-electron chi connectivity index (χ1n) is 12.7. The number of amides is 1. The molecule has 0 radical (unpaired) electrons. The minimum absolute atomic E-state index is 0.0527. The zero-order chi connectivity index (χ0) is 26.4. The summed E-state index contributed by atoms with van der Waals surface area (Å²) in [4.78, 5) is 64.8. The third kappa shape index (κ3) is 3.89. The van der Waals surface area contributed by atoms with Crippen LogP contribution in [0.1, 0.15) is 80.1 Å². The molecule has 1 aromatic rings. The van der Waals surface area contributed by atoms with E-state index in [1.54, 1.807) is 12.1 Å². The average Bonchev–Trinajstić information content (AvgIpc) is 2.82. The first-order valence-corrected chi connectivity index (χ1v) is 12.7. The summed E-state index contributed by atoms with van der Waals surface area (Å²) < 4.78 is 0. The number of ketones is 4. The van der Waals surface area contributed by atoms with Crippen LogP contribution >= 0.6 is 0 Å². The predicted molar refractivity (Wildman–Crippen MR) is 127 cm³/mol. The molecule has 0 heterocycles. The average molecular weight is 500 g/mol. The number of unbranched alkanes of at least 4 members (excludes halogenated alkanes) is 5. The van der Waals surface area contributed by atoms with Crippen molar-refractivity contribution in [2.45, 2.75) is 75.9 Å². The number of phenols is 1. The number of aromatic hydroxyl groups is 1. The van der Waals surface area contributed by atoms with E-state index in [2.05, 4.69) is 6.92 Å². The fourth-order valence-corrected chi connectivity index (χ4v) is 6.62. The molecule has 9 nitrogen and oxygen atoms in total. The Morgan fingerprint density at radius 3 is 2.39 bits per heavy atom. The number of primary amides is 1. The minimum Gasteiger partial charge on any atom is -0.507 e. The van der Waals surface area contributed by atoms with Gasteiger partial charge in [-0.2, -0.15) is 0 Å². The van der Waals surface area contributed by atoms with E-state index in [0.717, 1.165) is 38.5 Å². The number of hydrogen-bond donors (Lipinski definition) is 4. The lowest BCUT2D eigenvalue weighted by molar-refractivity contribution is -0.189. The highest BCUT2D eigenvalue weighted by molar-refractivity contribution is 6.31. The maximum Gasteiger partial charge on any atom is 0.235 e. The summed E-state index contributed by atoms with van der Waals surface area (Å²) in [5.74, 6) is -12.4. The Morgan fingerprint density at radius 1 is 1.06 bits per heavy atom. The molecule has 1 amide bonds. The monoisotopic (exact) mass is 499 g/mol. The number of carbonyl (C=O) groups excluding carboxylic acids is 5. The van der Waals surface area contributed by atoms with Gasteiger partial charge in [-0.3, -0.25) is 24.0 Å². The van der Waals surface area contributed by atoms with Crippen LogP contribution in [0.2, 0.25) is 0 Å². The summed E-state index contributed by atoms with van der Waals surface area (Å²) in [5.41, 5.74) is 2.77. The lowest BCUT2D eigenvalue weighted by Crippen LogP contribution is -2.72. The van der Waals surface area contributed by atoms with E-state index in [1.807, 2.05) is 0 Å². The second-order valence-electron chi connectivity index (χ2n) is 10.4. The molecule has 194 valence electrons. The molecule has 3 aliphatic rings. The van der Waals surface area contributed by atoms with E-state index in [0.29, 0.717) is 12.0 Å². The molecule has 0 bridgehead atoms. The number of Topliss-reactive ketones (excluding diaryl/α,β-unsaturated/α-hetero) is 4. The van der Waals surface area contributed by atoms with Gasteiger partial charge < -0.3 is 21.1 Å². The van der Waals surface area contributed by atoms with Crippen LogP contribution in [-0.4, -0.2) is 56.1 Å². The van der Waals surface area contributed by atoms with E-state index in [9.17, 15) is 39.3 Å². The third-order valence-corrected chi connectivity index (χ3v) is 8.39. The highest BCUT2D eigenvalue weighted by Gasteiger charge is 2.70. The summed E-state index contributed by atoms with van der Waals surface area (Å²) in [6, 6.07) is 4.60. The van der Waals surface area contributed by atoms with Crippen molar-refractivity contribution in [2.24, 2.45) is 29.4 Å². The van der Waals surface area contributed by atoms with Crippen LogP contribution in [0.4, 0.5) is 0 Å². The van der Waals surface area contributed by atoms with Gasteiger partial charge in [0.2, 0.25) is 5.91 Å². The number of aliphatic hydroxyl groups is 2. The van der Waals surface area contributed by atoms with Crippen molar-refractivity contribution in [2.75, 3.05) is 0 Å². The molecule has 7 atom stereocenters. The highest BCUT2D eigenvalue weighted by Crippen LogP contribution is 2.55. The SMILES string of the molecule is CCCCCCCC[C@H]1c2cccc(O)c2C(=O)C2C(=O)[C@]3(O)C(=O)C(C(N)=O)C(=O)C[C@@H]3[C@@H](O)[C@@H]21. The van der Waals surface area contributed by atoms with Gasteiger partial charge in [0.25, 0.3) is 0 Å². The lowest BCUT2D eigenvalue weighted by atomic mass is 9.50. The van der Waals surface area contributed by atoms with E-state index >= 15 is 0 Å². The molecule has 2 fully saturated rings. The van der Waals surface area contributed by atoms with Gasteiger partial charge in [0.15, 0.2) is 34.7 Å². The van der Waals surface area contributed by atoms with Crippen LogP contribution in [0, 0.1) is 23.7 Å². The second-order valence-corrected chi connectivity index (χ2v) is 10.4. The van der Waals surface area contributed by atoms with Crippen molar-refractivity contribution < 1.29 is 39.3 Å². The molecule has 3 aliphatic carbocycles. The van der Waals surface area contributed by atoms with Gasteiger partial charge in [0.1, 0.15) is 5.75 Å². The van der Waals surface area contributed by atoms with E-state index < -0.39 is 76.8 Å². The molecule has 0 aliphatic heterocycles. The maximum atomic E-state index is 13.7. The Morgan fingerprint density at radius 2 is 1.72 bits per heavy atom. The first-order chi connectivity index (χ1) is 17.1. The molecule has 4 rings (SSSR count). The fourth-order valence-electron chi connectivity index (χ4n) is 6.62. The Kier molecular flexibility index (Phi) is 7.16. The second kappa shape index (κ2) is 9.86. The number of carbonyl (C=O) groups is 5. The summed E-state index contributed by atoms with van der Waals surface area (Å²) in [5, 5.41) is 33.3. The third-order valence-electron chi connectivity index (χ3n) is 8.39. The number of aliphatic hydroxyl groups excluding tert-OH is 1. The van der Waals surface area contributed by atoms with Crippen LogP contribution in [-0.2, 0) is 19.2 Å². The molecule has 9 heteroatoms. The lowest BCUT2D eigenvalue weighted by Gasteiger charge is -2.53. The van der Waals surface area contributed by atoms with Gasteiger partial charge in [0, 0.05) is 18.3 Å². The Labute approximate surface area is 209 Å². The molecule has 1 aromatic carbocycles. The minimum atomic E-state index is -2.89. The fraction of sp³-hybridized carbons (Fsp3) is 0.593. The summed E-state index contributed by atoms with van der Waals surface area (Å²) in [6.07, 6.45) is 4.38. The van der Waals surface area contributed by atoms with Crippen molar-refractivity contribution in [1.29, 1.82) is 0 Å². The molecule has 0 saturated heterocycles. The van der Waals surface area contributed by atoms with Gasteiger partial charge in [-0.15, -0.1) is 0 Å². The van der Waals surface area contributed by atoms with Crippen molar-refractivity contribution in [1.82, 2.24) is 0 Å². The van der Waals surface area contributed by atoms with Crippen LogP contribution in [0.25, 0.3) is 0 Å². The smallest absolute Gasteiger partial charge is 0.235 e. The Hall–Kier alpha value is -2.91. The van der Waals surface area contributed by atoms with Crippen molar-refractivity contribution in [3.8, 4) is 5.75 Å². The summed E-state index contributed by atoms with van der Waals surface area (Å²) in [7, 11) is 0. The van der Waals surface area contributed by atoms with Gasteiger partial charge >= 0.3 is 0 Å². The summed E-state index contributed by atoms with van der Waals surface area (Å²) >= 11 is 0. The molecule has 2 unspecified atom stereocenters. The zero-order valence-corrected chi connectivity index (χ0v) is 20.3. The molecule has 2 saturated carbocycles.